The van der Waals surface area contributed by atoms with E-state index in [0.29, 0.717) is 11.3 Å². The Morgan fingerprint density at radius 2 is 1.80 bits per heavy atom. The van der Waals surface area contributed by atoms with E-state index in [1.54, 1.807) is 24.3 Å². The maximum absolute atomic E-state index is 12.2. The molecule has 0 radical (unpaired) electrons. The summed E-state index contributed by atoms with van der Waals surface area (Å²) < 4.78 is 27.7. The van der Waals surface area contributed by atoms with E-state index in [4.69, 9.17) is 0 Å². The van der Waals surface area contributed by atoms with E-state index in [0.717, 1.165) is 4.47 Å². The molecule has 0 aromatic heterocycles. The van der Waals surface area contributed by atoms with Gasteiger partial charge in [0.05, 0.1) is 4.90 Å². The average Bonchev–Trinajstić information content (AvgIpc) is 2.54. The first-order valence-electron chi connectivity index (χ1n) is 7.44. The molecule has 0 fully saturated rings. The van der Waals surface area contributed by atoms with Gasteiger partial charge in [-0.15, -0.1) is 0 Å². The van der Waals surface area contributed by atoms with Crippen LogP contribution >= 0.6 is 15.9 Å². The number of amides is 1. The number of anilines is 1. The minimum atomic E-state index is -3.78. The summed E-state index contributed by atoms with van der Waals surface area (Å²) in [5.41, 5.74) is 0.937. The highest BCUT2D eigenvalue weighted by Gasteiger charge is 2.15. The number of carbonyl (C=O) groups is 2. The number of hydrogen-bond donors (Lipinski definition) is 2. The fourth-order valence-corrected chi connectivity index (χ4v) is 3.53. The summed E-state index contributed by atoms with van der Waals surface area (Å²) in [7, 11) is -3.78. The summed E-state index contributed by atoms with van der Waals surface area (Å²) in [5, 5.41) is 2.68. The van der Waals surface area contributed by atoms with E-state index in [1.807, 2.05) is 6.07 Å². The highest BCUT2D eigenvalue weighted by molar-refractivity contribution is 9.10. The molecular formula is C17H17BrN2O4S. The number of Topliss-reactive ketones (excluding diaryl/α,β-unsaturated/α-hetero) is 1. The highest BCUT2D eigenvalue weighted by atomic mass is 79.9. The van der Waals surface area contributed by atoms with Crippen molar-refractivity contribution in [3.05, 3.63) is 58.6 Å². The number of carbonyl (C=O) groups excluding carboxylic acids is 2. The first kappa shape index (κ1) is 19.3. The Morgan fingerprint density at radius 1 is 1.08 bits per heavy atom. The van der Waals surface area contributed by atoms with Gasteiger partial charge in [-0.1, -0.05) is 34.1 Å². The van der Waals surface area contributed by atoms with Crippen molar-refractivity contribution in [2.45, 2.75) is 18.2 Å². The summed E-state index contributed by atoms with van der Waals surface area (Å²) in [6.45, 7) is 1.32. The third-order valence-electron chi connectivity index (χ3n) is 3.30. The van der Waals surface area contributed by atoms with Gasteiger partial charge in [-0.05, 0) is 37.3 Å². The van der Waals surface area contributed by atoms with Crippen LogP contribution in [0.1, 0.15) is 23.7 Å². The molecule has 2 aromatic carbocycles. The second-order valence-electron chi connectivity index (χ2n) is 5.29. The fraction of sp³-hybridized carbons (Fsp3) is 0.176. The summed E-state index contributed by atoms with van der Waals surface area (Å²) in [4.78, 5) is 23.2. The fourth-order valence-electron chi connectivity index (χ4n) is 2.05. The van der Waals surface area contributed by atoms with Gasteiger partial charge in [0.15, 0.2) is 5.78 Å². The number of rotatable bonds is 7. The predicted molar refractivity (Wildman–Crippen MR) is 99.0 cm³/mol. The van der Waals surface area contributed by atoms with Gasteiger partial charge in [-0.25, -0.2) is 13.1 Å². The van der Waals surface area contributed by atoms with Crippen LogP contribution in [0.15, 0.2) is 57.9 Å². The molecule has 0 aliphatic carbocycles. The zero-order valence-corrected chi connectivity index (χ0v) is 15.9. The van der Waals surface area contributed by atoms with E-state index in [1.165, 1.54) is 25.1 Å². The summed E-state index contributed by atoms with van der Waals surface area (Å²) in [6.07, 6.45) is -0.0157. The second kappa shape index (κ2) is 8.37. The number of hydrogen-bond acceptors (Lipinski definition) is 4. The monoisotopic (exact) mass is 424 g/mol. The smallest absolute Gasteiger partial charge is 0.240 e. The van der Waals surface area contributed by atoms with Crippen molar-refractivity contribution in [3.8, 4) is 0 Å². The minimum Gasteiger partial charge on any atom is -0.326 e. The molecule has 0 saturated heterocycles. The van der Waals surface area contributed by atoms with Crippen molar-refractivity contribution in [1.82, 2.24) is 4.72 Å². The van der Waals surface area contributed by atoms with E-state index >= 15 is 0 Å². The lowest BCUT2D eigenvalue weighted by atomic mass is 10.2. The number of benzene rings is 2. The van der Waals surface area contributed by atoms with Gasteiger partial charge in [0.25, 0.3) is 0 Å². The first-order valence-corrected chi connectivity index (χ1v) is 9.71. The quantitative estimate of drug-likeness (QED) is 0.668. The molecule has 0 unspecified atom stereocenters. The molecule has 0 bridgehead atoms. The molecule has 2 N–H and O–H groups in total. The van der Waals surface area contributed by atoms with Gasteiger partial charge in [-0.2, -0.15) is 0 Å². The van der Waals surface area contributed by atoms with Crippen LogP contribution < -0.4 is 10.0 Å². The van der Waals surface area contributed by atoms with E-state index < -0.39 is 10.0 Å². The molecule has 0 atom stereocenters. The molecule has 2 rings (SSSR count). The maximum atomic E-state index is 12.2. The van der Waals surface area contributed by atoms with Crippen LogP contribution in [0.4, 0.5) is 5.69 Å². The van der Waals surface area contributed by atoms with Crippen LogP contribution in [0, 0.1) is 0 Å². The maximum Gasteiger partial charge on any atom is 0.240 e. The van der Waals surface area contributed by atoms with Gasteiger partial charge >= 0.3 is 0 Å². The summed E-state index contributed by atoms with van der Waals surface area (Å²) in [6, 6.07) is 12.9. The van der Waals surface area contributed by atoms with Gasteiger partial charge in [0, 0.05) is 28.7 Å². The van der Waals surface area contributed by atoms with E-state index in [9.17, 15) is 18.0 Å². The molecule has 0 aliphatic rings. The lowest BCUT2D eigenvalue weighted by Crippen LogP contribution is -2.28. The van der Waals surface area contributed by atoms with Crippen LogP contribution in [0.2, 0.25) is 0 Å². The highest BCUT2D eigenvalue weighted by Crippen LogP contribution is 2.16. The molecule has 8 heteroatoms. The lowest BCUT2D eigenvalue weighted by molar-refractivity contribution is -0.116. The van der Waals surface area contributed by atoms with Gasteiger partial charge in [-0.3, -0.25) is 9.59 Å². The van der Waals surface area contributed by atoms with Gasteiger partial charge < -0.3 is 5.32 Å². The Labute approximate surface area is 154 Å². The van der Waals surface area contributed by atoms with Crippen LogP contribution in [0.3, 0.4) is 0 Å². The molecule has 25 heavy (non-hydrogen) atoms. The molecule has 0 spiro atoms. The molecule has 0 saturated carbocycles. The minimum absolute atomic E-state index is 0.00685. The average molecular weight is 425 g/mol. The first-order chi connectivity index (χ1) is 11.8. The van der Waals surface area contributed by atoms with Crippen molar-refractivity contribution in [1.29, 1.82) is 0 Å². The lowest BCUT2D eigenvalue weighted by Gasteiger charge is -2.08. The molecule has 0 heterocycles. The van der Waals surface area contributed by atoms with Crippen LogP contribution in [0.25, 0.3) is 0 Å². The zero-order valence-electron chi connectivity index (χ0n) is 13.5. The molecule has 2 aromatic rings. The van der Waals surface area contributed by atoms with Crippen LogP contribution in [-0.4, -0.2) is 26.7 Å². The third kappa shape index (κ3) is 5.77. The SMILES string of the molecule is CC(=O)c1cccc(S(=O)(=O)NCCC(=O)Nc2cccc(Br)c2)c1. The number of nitrogens with one attached hydrogen (secondary N) is 2. The summed E-state index contributed by atoms with van der Waals surface area (Å²) >= 11 is 3.31. The Bertz CT molecular complexity index is 897. The predicted octanol–water partition coefficient (Wildman–Crippen LogP) is 2.96. The second-order valence-corrected chi connectivity index (χ2v) is 7.97. The Kier molecular flexibility index (Phi) is 6.46. The zero-order chi connectivity index (χ0) is 18.4. The van der Waals surface area contributed by atoms with Crippen LogP contribution in [0.5, 0.6) is 0 Å². The molecule has 0 aliphatic heterocycles. The van der Waals surface area contributed by atoms with Gasteiger partial charge in [0.1, 0.15) is 0 Å². The third-order valence-corrected chi connectivity index (χ3v) is 5.26. The molecule has 1 amide bonds. The van der Waals surface area contributed by atoms with Crippen molar-refractivity contribution < 1.29 is 18.0 Å². The number of sulfonamides is 1. The molecular weight excluding hydrogens is 408 g/mol. The van der Waals surface area contributed by atoms with Crippen molar-refractivity contribution >= 4 is 43.3 Å². The topological polar surface area (TPSA) is 92.3 Å². The van der Waals surface area contributed by atoms with Crippen molar-refractivity contribution in [2.75, 3.05) is 11.9 Å². The normalized spacial score (nSPS) is 11.1. The number of halogens is 1. The molecule has 132 valence electrons. The largest absolute Gasteiger partial charge is 0.326 e. The van der Waals surface area contributed by atoms with Crippen molar-refractivity contribution in [3.63, 3.8) is 0 Å². The Balaban J connectivity index is 1.93. The van der Waals surface area contributed by atoms with Crippen LogP contribution in [-0.2, 0) is 14.8 Å². The number of ketones is 1. The van der Waals surface area contributed by atoms with E-state index in [2.05, 4.69) is 26.0 Å². The van der Waals surface area contributed by atoms with Gasteiger partial charge in [0.2, 0.25) is 15.9 Å². The Morgan fingerprint density at radius 3 is 2.48 bits per heavy atom. The van der Waals surface area contributed by atoms with Crippen molar-refractivity contribution in [2.24, 2.45) is 0 Å². The standard InChI is InChI=1S/C17H17BrN2O4S/c1-12(21)13-4-2-7-16(10-13)25(23,24)19-9-8-17(22)20-15-6-3-5-14(18)11-15/h2-7,10-11,19H,8-9H2,1H3,(H,20,22). The molecule has 6 nitrogen and oxygen atoms in total. The van der Waals surface area contributed by atoms with E-state index in [-0.39, 0.29) is 29.6 Å². The summed E-state index contributed by atoms with van der Waals surface area (Å²) in [5.74, 6) is -0.524. The Hall–Kier alpha value is -2.03.